The van der Waals surface area contributed by atoms with Crippen LogP contribution < -0.4 is 19.7 Å². The van der Waals surface area contributed by atoms with Gasteiger partial charge in [-0.3, -0.25) is 9.78 Å². The van der Waals surface area contributed by atoms with Crippen LogP contribution in [-0.4, -0.2) is 38.2 Å². The lowest BCUT2D eigenvalue weighted by molar-refractivity contribution is 0.102. The van der Waals surface area contributed by atoms with Crippen LogP contribution in [0.4, 0.5) is 11.4 Å². The van der Waals surface area contributed by atoms with E-state index in [1.807, 2.05) is 12.3 Å². The normalized spacial score (nSPS) is 16.9. The minimum absolute atomic E-state index is 0.215. The first-order valence-corrected chi connectivity index (χ1v) is 8.84. The largest absolute Gasteiger partial charge is 0.497 e. The Morgan fingerprint density at radius 1 is 1.23 bits per heavy atom. The van der Waals surface area contributed by atoms with Gasteiger partial charge >= 0.3 is 0 Å². The Bertz CT molecular complexity index is 779. The third-order valence-electron chi connectivity index (χ3n) is 4.67. The number of pyridine rings is 1. The molecular formula is C20H25N3O3. The highest BCUT2D eigenvalue weighted by atomic mass is 16.5. The maximum atomic E-state index is 12.7. The van der Waals surface area contributed by atoms with Crippen LogP contribution in [0.3, 0.4) is 0 Å². The van der Waals surface area contributed by atoms with Crippen molar-refractivity contribution in [3.05, 3.63) is 42.2 Å². The number of methoxy groups -OCH3 is 2. The molecule has 0 radical (unpaired) electrons. The van der Waals surface area contributed by atoms with Crippen molar-refractivity contribution in [3.8, 4) is 11.5 Å². The maximum absolute atomic E-state index is 12.7. The standard InChI is InChI=1S/C20H25N3O3/c1-14-5-4-8-23(13-14)16-9-15(11-21-12-16)20(24)22-18-7-6-17(25-2)10-19(18)26-3/h6-7,9-12,14H,4-5,8,13H2,1-3H3,(H,22,24). The Balaban J connectivity index is 1.77. The number of carbonyl (C=O) groups is 1. The fourth-order valence-corrected chi connectivity index (χ4v) is 3.25. The van der Waals surface area contributed by atoms with Gasteiger partial charge in [-0.25, -0.2) is 0 Å². The van der Waals surface area contributed by atoms with E-state index in [-0.39, 0.29) is 5.91 Å². The molecule has 1 fully saturated rings. The van der Waals surface area contributed by atoms with Gasteiger partial charge in [-0.1, -0.05) is 6.92 Å². The van der Waals surface area contributed by atoms with Gasteiger partial charge < -0.3 is 19.7 Å². The second kappa shape index (κ2) is 8.08. The molecule has 2 heterocycles. The van der Waals surface area contributed by atoms with Crippen molar-refractivity contribution in [3.63, 3.8) is 0 Å². The molecule has 1 aromatic carbocycles. The molecule has 26 heavy (non-hydrogen) atoms. The van der Waals surface area contributed by atoms with Gasteiger partial charge in [0.15, 0.2) is 0 Å². The summed E-state index contributed by atoms with van der Waals surface area (Å²) in [5.41, 5.74) is 2.11. The number of benzene rings is 1. The monoisotopic (exact) mass is 355 g/mol. The number of aromatic nitrogens is 1. The predicted molar refractivity (Wildman–Crippen MR) is 102 cm³/mol. The number of nitrogens with one attached hydrogen (secondary N) is 1. The fourth-order valence-electron chi connectivity index (χ4n) is 3.25. The van der Waals surface area contributed by atoms with E-state index >= 15 is 0 Å². The Hall–Kier alpha value is -2.76. The van der Waals surface area contributed by atoms with Crippen molar-refractivity contribution in [1.29, 1.82) is 0 Å². The highest BCUT2D eigenvalue weighted by molar-refractivity contribution is 6.05. The molecule has 3 rings (SSSR count). The third kappa shape index (κ3) is 4.07. The van der Waals surface area contributed by atoms with E-state index in [4.69, 9.17) is 9.47 Å². The van der Waals surface area contributed by atoms with Gasteiger partial charge in [-0.05, 0) is 37.0 Å². The Labute approximate surface area is 154 Å². The van der Waals surface area contributed by atoms with Crippen LogP contribution >= 0.6 is 0 Å². The van der Waals surface area contributed by atoms with Crippen LogP contribution in [0, 0.1) is 5.92 Å². The zero-order valence-corrected chi connectivity index (χ0v) is 15.5. The lowest BCUT2D eigenvalue weighted by Gasteiger charge is -2.32. The molecule has 1 amide bonds. The molecule has 138 valence electrons. The Morgan fingerprint density at radius 3 is 2.81 bits per heavy atom. The molecule has 0 spiro atoms. The van der Waals surface area contributed by atoms with E-state index < -0.39 is 0 Å². The van der Waals surface area contributed by atoms with Crippen LogP contribution in [0.2, 0.25) is 0 Å². The maximum Gasteiger partial charge on any atom is 0.257 e. The van der Waals surface area contributed by atoms with Gasteiger partial charge in [0.05, 0.1) is 37.4 Å². The zero-order valence-electron chi connectivity index (χ0n) is 15.5. The molecule has 1 N–H and O–H groups in total. The van der Waals surface area contributed by atoms with Crippen molar-refractivity contribution in [1.82, 2.24) is 4.98 Å². The Morgan fingerprint density at radius 2 is 2.08 bits per heavy atom. The van der Waals surface area contributed by atoms with Crippen LogP contribution in [0.15, 0.2) is 36.7 Å². The van der Waals surface area contributed by atoms with E-state index in [1.165, 1.54) is 12.8 Å². The molecular weight excluding hydrogens is 330 g/mol. The van der Waals surface area contributed by atoms with E-state index in [9.17, 15) is 4.79 Å². The molecule has 1 aromatic heterocycles. The van der Waals surface area contributed by atoms with Gasteiger partial charge in [0.1, 0.15) is 11.5 Å². The van der Waals surface area contributed by atoms with Crippen LogP contribution in [0.1, 0.15) is 30.1 Å². The van der Waals surface area contributed by atoms with Gasteiger partial charge in [-0.2, -0.15) is 0 Å². The topological polar surface area (TPSA) is 63.7 Å². The molecule has 0 bridgehead atoms. The van der Waals surface area contributed by atoms with E-state index in [1.54, 1.807) is 38.6 Å². The second-order valence-corrected chi connectivity index (χ2v) is 6.65. The number of hydrogen-bond acceptors (Lipinski definition) is 5. The van der Waals surface area contributed by atoms with Crippen molar-refractivity contribution in [2.24, 2.45) is 5.92 Å². The van der Waals surface area contributed by atoms with Crippen LogP contribution in [0.25, 0.3) is 0 Å². The third-order valence-corrected chi connectivity index (χ3v) is 4.67. The molecule has 0 aliphatic carbocycles. The van der Waals surface area contributed by atoms with Crippen LogP contribution in [0.5, 0.6) is 11.5 Å². The summed E-state index contributed by atoms with van der Waals surface area (Å²) in [4.78, 5) is 19.2. The summed E-state index contributed by atoms with van der Waals surface area (Å²) in [7, 11) is 3.15. The molecule has 1 atom stereocenters. The SMILES string of the molecule is COc1ccc(NC(=O)c2cncc(N3CCCC(C)C3)c2)c(OC)c1. The molecule has 2 aromatic rings. The Kier molecular flexibility index (Phi) is 5.61. The van der Waals surface area contributed by atoms with Crippen molar-refractivity contribution >= 4 is 17.3 Å². The summed E-state index contributed by atoms with van der Waals surface area (Å²) >= 11 is 0. The van der Waals surface area contributed by atoms with E-state index in [2.05, 4.69) is 22.1 Å². The van der Waals surface area contributed by atoms with E-state index in [0.717, 1.165) is 18.8 Å². The summed E-state index contributed by atoms with van der Waals surface area (Å²) in [6, 6.07) is 7.18. The van der Waals surface area contributed by atoms with Gasteiger partial charge in [0.25, 0.3) is 5.91 Å². The van der Waals surface area contributed by atoms with Crippen molar-refractivity contribution < 1.29 is 14.3 Å². The number of anilines is 2. The average Bonchev–Trinajstić information content (AvgIpc) is 2.68. The van der Waals surface area contributed by atoms with Crippen molar-refractivity contribution in [2.75, 3.05) is 37.5 Å². The number of amides is 1. The number of hydrogen-bond donors (Lipinski definition) is 1. The average molecular weight is 355 g/mol. The first kappa shape index (κ1) is 18.0. The van der Waals surface area contributed by atoms with Crippen molar-refractivity contribution in [2.45, 2.75) is 19.8 Å². The lowest BCUT2D eigenvalue weighted by atomic mass is 10.00. The minimum Gasteiger partial charge on any atom is -0.497 e. The number of rotatable bonds is 5. The molecule has 6 heteroatoms. The zero-order chi connectivity index (χ0) is 18.5. The first-order chi connectivity index (χ1) is 12.6. The molecule has 0 saturated carbocycles. The predicted octanol–water partition coefficient (Wildman–Crippen LogP) is 3.59. The second-order valence-electron chi connectivity index (χ2n) is 6.65. The lowest BCUT2D eigenvalue weighted by Crippen LogP contribution is -2.34. The summed E-state index contributed by atoms with van der Waals surface area (Å²) in [6.07, 6.45) is 5.83. The summed E-state index contributed by atoms with van der Waals surface area (Å²) in [5.74, 6) is 1.66. The summed E-state index contributed by atoms with van der Waals surface area (Å²) in [5, 5.41) is 2.89. The summed E-state index contributed by atoms with van der Waals surface area (Å²) in [6.45, 7) is 4.26. The number of nitrogens with zero attached hydrogens (tertiary/aromatic N) is 2. The molecule has 6 nitrogen and oxygen atoms in total. The molecule has 1 saturated heterocycles. The fraction of sp³-hybridized carbons (Fsp3) is 0.400. The highest BCUT2D eigenvalue weighted by Gasteiger charge is 2.18. The van der Waals surface area contributed by atoms with Gasteiger partial charge in [0.2, 0.25) is 0 Å². The smallest absolute Gasteiger partial charge is 0.257 e. The van der Waals surface area contributed by atoms with Gasteiger partial charge in [-0.15, -0.1) is 0 Å². The number of ether oxygens (including phenoxy) is 2. The minimum atomic E-state index is -0.215. The molecule has 1 unspecified atom stereocenters. The number of piperidine rings is 1. The van der Waals surface area contributed by atoms with Gasteiger partial charge in [0, 0.05) is 25.4 Å². The first-order valence-electron chi connectivity index (χ1n) is 8.84. The highest BCUT2D eigenvalue weighted by Crippen LogP contribution is 2.30. The quantitative estimate of drug-likeness (QED) is 0.888. The molecule has 1 aliphatic heterocycles. The number of carbonyl (C=O) groups excluding carboxylic acids is 1. The summed E-state index contributed by atoms with van der Waals surface area (Å²) < 4.78 is 10.5. The van der Waals surface area contributed by atoms with E-state index in [0.29, 0.717) is 28.7 Å². The molecule has 1 aliphatic rings. The van der Waals surface area contributed by atoms with Crippen LogP contribution in [-0.2, 0) is 0 Å².